The van der Waals surface area contributed by atoms with Crippen LogP contribution in [0.5, 0.6) is 5.88 Å². The Hall–Kier alpha value is -3.04. The quantitative estimate of drug-likeness (QED) is 0.644. The van der Waals surface area contributed by atoms with Crippen LogP contribution in [0.15, 0.2) is 36.7 Å². The Morgan fingerprint density at radius 2 is 1.94 bits per heavy atom. The molecule has 1 aromatic carbocycles. The monoisotopic (exact) mass is 453 g/mol. The Kier molecular flexibility index (Phi) is 7.51. The highest BCUT2D eigenvalue weighted by Crippen LogP contribution is 2.19. The number of benzene rings is 1. The fourth-order valence-corrected chi connectivity index (χ4v) is 4.36. The van der Waals surface area contributed by atoms with E-state index in [9.17, 15) is 14.7 Å². The average molecular weight is 454 g/mol. The molecular weight excluding hydrogens is 422 g/mol. The molecule has 2 N–H and O–H groups in total. The van der Waals surface area contributed by atoms with E-state index >= 15 is 0 Å². The molecule has 0 saturated carbocycles. The number of aliphatic hydroxyl groups excluding tert-OH is 1. The number of nitrogens with zero attached hydrogens (tertiary/aromatic N) is 4. The summed E-state index contributed by atoms with van der Waals surface area (Å²) in [7, 11) is 0. The van der Waals surface area contributed by atoms with Gasteiger partial charge >= 0.3 is 0 Å². The summed E-state index contributed by atoms with van der Waals surface area (Å²) >= 11 is 0. The molecule has 1 unspecified atom stereocenters. The van der Waals surface area contributed by atoms with E-state index in [0.29, 0.717) is 25.5 Å². The van der Waals surface area contributed by atoms with Crippen LogP contribution in [0, 0.1) is 0 Å². The summed E-state index contributed by atoms with van der Waals surface area (Å²) in [6.07, 6.45) is 2.98. The van der Waals surface area contributed by atoms with Crippen LogP contribution in [-0.2, 0) is 17.8 Å². The van der Waals surface area contributed by atoms with E-state index in [1.54, 1.807) is 11.8 Å². The van der Waals surface area contributed by atoms with Gasteiger partial charge in [-0.3, -0.25) is 14.5 Å². The van der Waals surface area contributed by atoms with Gasteiger partial charge in [0.05, 0.1) is 6.10 Å². The maximum Gasteiger partial charge on any atom is 0.270 e. The highest BCUT2D eigenvalue weighted by Gasteiger charge is 2.23. The topological polar surface area (TPSA) is 108 Å². The number of hydrogen-bond donors (Lipinski definition) is 2. The Balaban J connectivity index is 1.23. The molecule has 0 spiro atoms. The minimum Gasteiger partial charge on any atom is -0.474 e. The molecule has 1 saturated heterocycles. The van der Waals surface area contributed by atoms with Gasteiger partial charge in [-0.25, -0.2) is 9.97 Å². The van der Waals surface area contributed by atoms with E-state index in [-0.39, 0.29) is 30.2 Å². The lowest BCUT2D eigenvalue weighted by Gasteiger charge is -2.31. The molecule has 176 valence electrons. The summed E-state index contributed by atoms with van der Waals surface area (Å²) in [4.78, 5) is 36.1. The molecule has 2 amide bonds. The number of carbonyl (C=O) groups excluding carboxylic acids is 2. The Morgan fingerprint density at radius 3 is 2.70 bits per heavy atom. The van der Waals surface area contributed by atoms with Crippen LogP contribution < -0.4 is 10.1 Å². The van der Waals surface area contributed by atoms with E-state index in [2.05, 4.69) is 38.4 Å². The minimum absolute atomic E-state index is 0.0529. The summed E-state index contributed by atoms with van der Waals surface area (Å²) in [5.74, 6) is 0.0300. The van der Waals surface area contributed by atoms with Crippen LogP contribution in [0.4, 0.5) is 0 Å². The number of ether oxygens (including phenoxy) is 1. The lowest BCUT2D eigenvalue weighted by atomic mass is 10.00. The first-order chi connectivity index (χ1) is 16.0. The molecule has 2 aromatic rings. The number of hydrogen-bond acceptors (Lipinski definition) is 7. The summed E-state index contributed by atoms with van der Waals surface area (Å²) in [5, 5.41) is 13.2. The summed E-state index contributed by atoms with van der Waals surface area (Å²) in [6, 6.07) is 9.88. The maximum atomic E-state index is 12.5. The number of β-amino-alcohol motifs (C(OH)–C–C–N with tert-alkyl or cyclic N) is 1. The Labute approximate surface area is 193 Å². The van der Waals surface area contributed by atoms with Crippen molar-refractivity contribution in [1.29, 1.82) is 0 Å². The largest absolute Gasteiger partial charge is 0.474 e. The molecule has 2 aliphatic rings. The molecule has 1 atom stereocenters. The van der Waals surface area contributed by atoms with Gasteiger partial charge in [0.25, 0.3) is 5.91 Å². The van der Waals surface area contributed by atoms with Crippen LogP contribution in [-0.4, -0.2) is 81.6 Å². The molecule has 9 heteroatoms. The lowest BCUT2D eigenvalue weighted by Crippen LogP contribution is -2.42. The van der Waals surface area contributed by atoms with E-state index < -0.39 is 6.10 Å². The molecule has 0 radical (unpaired) electrons. The van der Waals surface area contributed by atoms with Crippen LogP contribution in [0.2, 0.25) is 0 Å². The van der Waals surface area contributed by atoms with Gasteiger partial charge in [0.2, 0.25) is 11.8 Å². The molecule has 2 aliphatic heterocycles. The SMILES string of the molecule is CC(=O)N1CCC(Oc2cc(C(=O)NCC(O)CN3CCc4ccccc4C3)ncn2)CC1. The predicted molar refractivity (Wildman–Crippen MR) is 122 cm³/mol. The lowest BCUT2D eigenvalue weighted by molar-refractivity contribution is -0.130. The predicted octanol–water partition coefficient (Wildman–Crippen LogP) is 1.02. The third kappa shape index (κ3) is 6.27. The second-order valence-electron chi connectivity index (χ2n) is 8.68. The molecule has 0 aliphatic carbocycles. The zero-order valence-corrected chi connectivity index (χ0v) is 18.9. The van der Waals surface area contributed by atoms with Gasteiger partial charge in [0, 0.05) is 65.1 Å². The van der Waals surface area contributed by atoms with Crippen LogP contribution >= 0.6 is 0 Å². The number of aromatic nitrogens is 2. The van der Waals surface area contributed by atoms with Gasteiger partial charge in [-0.05, 0) is 17.5 Å². The zero-order valence-electron chi connectivity index (χ0n) is 18.9. The van der Waals surface area contributed by atoms with Crippen molar-refractivity contribution < 1.29 is 19.4 Å². The number of amides is 2. The smallest absolute Gasteiger partial charge is 0.270 e. The number of nitrogens with one attached hydrogen (secondary N) is 1. The molecule has 9 nitrogen and oxygen atoms in total. The molecule has 3 heterocycles. The molecule has 1 aromatic heterocycles. The Morgan fingerprint density at radius 1 is 1.18 bits per heavy atom. The normalized spacial score (nSPS) is 17.8. The van der Waals surface area contributed by atoms with Crippen LogP contribution in [0.1, 0.15) is 41.4 Å². The van der Waals surface area contributed by atoms with E-state index in [4.69, 9.17) is 4.74 Å². The van der Waals surface area contributed by atoms with Gasteiger partial charge in [0.1, 0.15) is 18.1 Å². The van der Waals surface area contributed by atoms with Crippen molar-refractivity contribution in [3.63, 3.8) is 0 Å². The van der Waals surface area contributed by atoms with Gasteiger partial charge in [-0.1, -0.05) is 24.3 Å². The molecule has 4 rings (SSSR count). The number of likely N-dealkylation sites (tertiary alicyclic amines) is 1. The number of carbonyl (C=O) groups is 2. The molecular formula is C24H31N5O4. The van der Waals surface area contributed by atoms with Crippen LogP contribution in [0.3, 0.4) is 0 Å². The maximum absolute atomic E-state index is 12.5. The van der Waals surface area contributed by atoms with Crippen molar-refractivity contribution in [3.05, 3.63) is 53.5 Å². The molecule has 0 bridgehead atoms. The standard InChI is InChI=1S/C24H31N5O4/c1-17(30)29-10-7-21(8-11-29)33-23-12-22(26-16-27-23)24(32)25-13-20(31)15-28-9-6-18-4-2-3-5-19(18)14-28/h2-5,12,16,20-21,31H,6-11,13-15H2,1H3,(H,25,32). The second-order valence-corrected chi connectivity index (χ2v) is 8.68. The van der Waals surface area contributed by atoms with E-state index in [1.165, 1.54) is 23.5 Å². The van der Waals surface area contributed by atoms with Crippen molar-refractivity contribution in [2.75, 3.05) is 32.7 Å². The van der Waals surface area contributed by atoms with E-state index in [1.807, 2.05) is 6.07 Å². The highest BCUT2D eigenvalue weighted by molar-refractivity contribution is 5.92. The first-order valence-corrected chi connectivity index (χ1v) is 11.5. The third-order valence-electron chi connectivity index (χ3n) is 6.23. The fourth-order valence-electron chi connectivity index (χ4n) is 4.36. The zero-order chi connectivity index (χ0) is 23.2. The van der Waals surface area contributed by atoms with E-state index in [0.717, 1.165) is 32.4 Å². The van der Waals surface area contributed by atoms with Gasteiger partial charge in [-0.15, -0.1) is 0 Å². The first kappa shape index (κ1) is 23.1. The van der Waals surface area contributed by atoms with Crippen molar-refractivity contribution in [2.45, 2.75) is 44.9 Å². The first-order valence-electron chi connectivity index (χ1n) is 11.5. The minimum atomic E-state index is -0.678. The Bertz CT molecular complexity index is 977. The third-order valence-corrected chi connectivity index (χ3v) is 6.23. The highest BCUT2D eigenvalue weighted by atomic mass is 16.5. The number of fused-ring (bicyclic) bond motifs is 1. The van der Waals surface area contributed by atoms with Gasteiger partial charge in [0.15, 0.2) is 0 Å². The summed E-state index contributed by atoms with van der Waals surface area (Å²) in [5.41, 5.74) is 2.85. The molecule has 33 heavy (non-hydrogen) atoms. The number of rotatable bonds is 7. The van der Waals surface area contributed by atoms with Crippen molar-refractivity contribution in [2.24, 2.45) is 0 Å². The van der Waals surface area contributed by atoms with Crippen LogP contribution in [0.25, 0.3) is 0 Å². The summed E-state index contributed by atoms with van der Waals surface area (Å²) in [6.45, 7) is 5.20. The average Bonchev–Trinajstić information content (AvgIpc) is 2.83. The van der Waals surface area contributed by atoms with Crippen molar-refractivity contribution >= 4 is 11.8 Å². The van der Waals surface area contributed by atoms with Crippen molar-refractivity contribution in [1.82, 2.24) is 25.1 Å². The number of aliphatic hydroxyl groups is 1. The molecule has 1 fully saturated rings. The van der Waals surface area contributed by atoms with Crippen molar-refractivity contribution in [3.8, 4) is 5.88 Å². The van der Waals surface area contributed by atoms with Gasteiger partial charge < -0.3 is 20.1 Å². The van der Waals surface area contributed by atoms with Gasteiger partial charge in [-0.2, -0.15) is 0 Å². The second kappa shape index (κ2) is 10.7. The summed E-state index contributed by atoms with van der Waals surface area (Å²) < 4.78 is 5.90. The fraction of sp³-hybridized carbons (Fsp3) is 0.500. The number of piperidine rings is 1.